The van der Waals surface area contributed by atoms with Gasteiger partial charge in [-0.1, -0.05) is 6.07 Å². The molecule has 0 saturated carbocycles. The lowest BCUT2D eigenvalue weighted by Crippen LogP contribution is -2.32. The smallest absolute Gasteiger partial charge is 0.276 e. The Morgan fingerprint density at radius 3 is 2.50 bits per heavy atom. The zero-order valence-corrected chi connectivity index (χ0v) is 12.4. The van der Waals surface area contributed by atoms with Crippen molar-refractivity contribution in [1.82, 2.24) is 0 Å². The van der Waals surface area contributed by atoms with Gasteiger partial charge >= 0.3 is 0 Å². The lowest BCUT2D eigenvalue weighted by Gasteiger charge is -2.25. The van der Waals surface area contributed by atoms with Crippen molar-refractivity contribution in [3.05, 3.63) is 35.1 Å². The highest BCUT2D eigenvalue weighted by atomic mass is 32.2. The Balaban J connectivity index is 3.12. The van der Waals surface area contributed by atoms with E-state index in [0.717, 1.165) is 6.07 Å². The maximum Gasteiger partial charge on any atom is 0.276 e. The van der Waals surface area contributed by atoms with E-state index in [1.54, 1.807) is 0 Å². The molecule has 0 unspecified atom stereocenters. The maximum atomic E-state index is 13.3. The molecule has 0 bridgehead atoms. The number of methoxy groups -OCH3 is 1. The minimum Gasteiger partial charge on any atom is -0.382 e. The molecule has 0 aliphatic rings. The van der Waals surface area contributed by atoms with Crippen LogP contribution in [0.4, 0.5) is 4.39 Å². The summed E-state index contributed by atoms with van der Waals surface area (Å²) < 4.78 is 45.7. The van der Waals surface area contributed by atoms with Crippen LogP contribution >= 0.6 is 0 Å². The summed E-state index contributed by atoms with van der Waals surface area (Å²) in [6, 6.07) is 3.59. The molecular weight excluding hydrogens is 287 g/mol. The molecule has 0 aliphatic heterocycles. The van der Waals surface area contributed by atoms with Gasteiger partial charge in [0.1, 0.15) is 10.6 Å². The average Bonchev–Trinajstić information content (AvgIpc) is 2.39. The Kier molecular flexibility index (Phi) is 5.38. The van der Waals surface area contributed by atoms with Crippen molar-refractivity contribution in [3.8, 4) is 0 Å². The van der Waals surface area contributed by atoms with Crippen LogP contribution in [0.3, 0.4) is 0 Å². The van der Waals surface area contributed by atoms with Crippen LogP contribution in [-0.4, -0.2) is 35.0 Å². The van der Waals surface area contributed by atoms with Crippen LogP contribution in [0.1, 0.15) is 29.8 Å². The maximum absolute atomic E-state index is 13.3. The van der Waals surface area contributed by atoms with Gasteiger partial charge in [0.05, 0.1) is 18.8 Å². The molecule has 0 radical (unpaired) electrons. The molecule has 1 rings (SSSR count). The lowest BCUT2D eigenvalue weighted by atomic mass is 10.00. The molecule has 7 heteroatoms. The molecule has 0 fully saturated rings. The summed E-state index contributed by atoms with van der Waals surface area (Å²) >= 11 is 0. The Bertz CT molecular complexity index is 580. The zero-order chi connectivity index (χ0) is 15.4. The van der Waals surface area contributed by atoms with E-state index in [1.807, 2.05) is 0 Å². The summed E-state index contributed by atoms with van der Waals surface area (Å²) in [5, 5.41) is 0. The number of halogens is 1. The first-order chi connectivity index (χ1) is 9.26. The van der Waals surface area contributed by atoms with E-state index in [4.69, 9.17) is 8.92 Å². The predicted molar refractivity (Wildman–Crippen MR) is 71.6 cm³/mol. The third kappa shape index (κ3) is 3.41. The van der Waals surface area contributed by atoms with Gasteiger partial charge in [-0.15, -0.1) is 0 Å². The highest BCUT2D eigenvalue weighted by Gasteiger charge is 2.37. The molecule has 0 atom stereocenters. The molecule has 0 aliphatic carbocycles. The van der Waals surface area contributed by atoms with Crippen LogP contribution in [0.15, 0.2) is 18.2 Å². The molecule has 0 N–H and O–H groups in total. The molecule has 0 saturated heterocycles. The van der Waals surface area contributed by atoms with E-state index >= 15 is 0 Å². The van der Waals surface area contributed by atoms with Gasteiger partial charge in [0, 0.05) is 7.11 Å². The van der Waals surface area contributed by atoms with E-state index in [9.17, 15) is 17.6 Å². The van der Waals surface area contributed by atoms with Crippen molar-refractivity contribution in [2.75, 3.05) is 20.3 Å². The van der Waals surface area contributed by atoms with Gasteiger partial charge in [0.2, 0.25) is 0 Å². The summed E-state index contributed by atoms with van der Waals surface area (Å²) in [5.41, 5.74) is 0.0843. The normalized spacial score (nSPS) is 12.4. The first-order valence-corrected chi connectivity index (χ1v) is 7.30. The Hall–Kier alpha value is -1.31. The largest absolute Gasteiger partial charge is 0.382 e. The van der Waals surface area contributed by atoms with E-state index in [2.05, 4.69) is 0 Å². The predicted octanol–water partition coefficient (Wildman–Crippen LogP) is 1.87. The SMILES string of the molecule is COCCOS(=O)(=O)C(C)(C)c1ccc(F)c(C=O)c1. The molecule has 20 heavy (non-hydrogen) atoms. The Labute approximate surface area is 117 Å². The van der Waals surface area contributed by atoms with Crippen LogP contribution in [0, 0.1) is 5.82 Å². The van der Waals surface area contributed by atoms with Crippen molar-refractivity contribution in [3.63, 3.8) is 0 Å². The van der Waals surface area contributed by atoms with Crippen molar-refractivity contribution >= 4 is 16.4 Å². The van der Waals surface area contributed by atoms with E-state index in [-0.39, 0.29) is 24.3 Å². The second kappa shape index (κ2) is 6.43. The van der Waals surface area contributed by atoms with E-state index in [1.165, 1.54) is 33.1 Å². The number of hydrogen-bond donors (Lipinski definition) is 0. The van der Waals surface area contributed by atoms with Crippen molar-refractivity contribution in [2.24, 2.45) is 0 Å². The van der Waals surface area contributed by atoms with Gasteiger partial charge in [-0.3, -0.25) is 8.98 Å². The monoisotopic (exact) mass is 304 g/mol. The van der Waals surface area contributed by atoms with Crippen LogP contribution in [0.2, 0.25) is 0 Å². The van der Waals surface area contributed by atoms with Crippen LogP contribution in [-0.2, 0) is 23.8 Å². The molecule has 5 nitrogen and oxygen atoms in total. The highest BCUT2D eigenvalue weighted by Crippen LogP contribution is 2.31. The number of carbonyl (C=O) groups excluding carboxylic acids is 1. The summed E-state index contributed by atoms with van der Waals surface area (Å²) in [7, 11) is -2.51. The first kappa shape index (κ1) is 16.7. The van der Waals surface area contributed by atoms with Crippen LogP contribution in [0.5, 0.6) is 0 Å². The van der Waals surface area contributed by atoms with Gasteiger partial charge in [-0.25, -0.2) is 4.39 Å². The first-order valence-electron chi connectivity index (χ1n) is 5.89. The molecule has 1 aromatic carbocycles. The minimum absolute atomic E-state index is 0.107. The van der Waals surface area contributed by atoms with Crippen molar-refractivity contribution < 1.29 is 26.5 Å². The fraction of sp³-hybridized carbons (Fsp3) is 0.462. The van der Waals surface area contributed by atoms with Crippen LogP contribution < -0.4 is 0 Å². The van der Waals surface area contributed by atoms with Gasteiger partial charge in [-0.05, 0) is 31.5 Å². The molecule has 112 valence electrons. The third-order valence-electron chi connectivity index (χ3n) is 2.97. The van der Waals surface area contributed by atoms with Crippen molar-refractivity contribution in [2.45, 2.75) is 18.6 Å². The molecule has 0 aromatic heterocycles. The molecule has 0 heterocycles. The number of carbonyl (C=O) groups is 1. The third-order valence-corrected chi connectivity index (χ3v) is 4.93. The fourth-order valence-corrected chi connectivity index (χ4v) is 2.52. The highest BCUT2D eigenvalue weighted by molar-refractivity contribution is 7.87. The summed E-state index contributed by atoms with van der Waals surface area (Å²) in [6.45, 7) is 2.89. The second-order valence-corrected chi connectivity index (χ2v) is 6.80. The Morgan fingerprint density at radius 2 is 1.95 bits per heavy atom. The lowest BCUT2D eigenvalue weighted by molar-refractivity contribution is 0.111. The summed E-state index contributed by atoms with van der Waals surface area (Å²) in [5.74, 6) is -0.697. The molecule has 0 spiro atoms. The number of ether oxygens (including phenoxy) is 1. The number of rotatable bonds is 7. The number of hydrogen-bond acceptors (Lipinski definition) is 5. The van der Waals surface area contributed by atoms with Crippen LogP contribution in [0.25, 0.3) is 0 Å². The number of benzene rings is 1. The van der Waals surface area contributed by atoms with Gasteiger partial charge in [0.15, 0.2) is 6.29 Å². The Morgan fingerprint density at radius 1 is 1.30 bits per heavy atom. The second-order valence-electron chi connectivity index (χ2n) is 4.63. The molecular formula is C13H17FO5S. The van der Waals surface area contributed by atoms with Gasteiger partial charge in [0.25, 0.3) is 10.1 Å². The molecule has 0 amide bonds. The fourth-order valence-electron chi connectivity index (χ4n) is 1.53. The quantitative estimate of drug-likeness (QED) is 0.437. The minimum atomic E-state index is -3.94. The molecule has 1 aromatic rings. The van der Waals surface area contributed by atoms with E-state index in [0.29, 0.717) is 6.29 Å². The van der Waals surface area contributed by atoms with Crippen molar-refractivity contribution in [1.29, 1.82) is 0 Å². The number of aldehydes is 1. The van der Waals surface area contributed by atoms with Gasteiger partial charge < -0.3 is 4.74 Å². The summed E-state index contributed by atoms with van der Waals surface area (Å²) in [6.07, 6.45) is 0.341. The standard InChI is InChI=1S/C13H17FO5S/c1-13(2,20(16,17)19-7-6-18-3)11-4-5-12(14)10(8-11)9-15/h4-5,8-9H,6-7H2,1-3H3. The summed E-state index contributed by atoms with van der Waals surface area (Å²) in [4.78, 5) is 10.7. The topological polar surface area (TPSA) is 69.7 Å². The zero-order valence-electron chi connectivity index (χ0n) is 11.6. The average molecular weight is 304 g/mol. The van der Waals surface area contributed by atoms with E-state index < -0.39 is 20.7 Å². The van der Waals surface area contributed by atoms with Gasteiger partial charge in [-0.2, -0.15) is 8.42 Å².